The normalized spacial score (nSPS) is 30.1. The molecule has 3 fully saturated rings. The SMILES string of the molecule is Cc1ccc2[nH]c(=S)n(C3CN4CCC3CC4)c2c1. The molecular weight excluding hydrogens is 254 g/mol. The standard InChI is InChI=1S/C15H19N3S/c1-10-2-3-12-13(8-10)18(15(19)16-12)14-9-17-6-4-11(14)5-7-17/h2-3,8,11,14H,4-7,9H2,1H3,(H,16,19). The first-order valence-corrected chi connectivity index (χ1v) is 7.56. The third-order valence-corrected chi connectivity index (χ3v) is 5.13. The summed E-state index contributed by atoms with van der Waals surface area (Å²) >= 11 is 5.58. The van der Waals surface area contributed by atoms with E-state index in [1.807, 2.05) is 0 Å². The average molecular weight is 273 g/mol. The molecule has 19 heavy (non-hydrogen) atoms. The number of aryl methyl sites for hydroxylation is 1. The third kappa shape index (κ3) is 1.77. The van der Waals surface area contributed by atoms with Crippen molar-refractivity contribution in [2.75, 3.05) is 19.6 Å². The summed E-state index contributed by atoms with van der Waals surface area (Å²) in [7, 11) is 0. The molecule has 0 aliphatic carbocycles. The number of piperidine rings is 3. The van der Waals surface area contributed by atoms with Gasteiger partial charge in [0.25, 0.3) is 0 Å². The summed E-state index contributed by atoms with van der Waals surface area (Å²) in [4.78, 5) is 5.95. The number of benzene rings is 1. The Morgan fingerprint density at radius 3 is 2.74 bits per heavy atom. The molecule has 0 radical (unpaired) electrons. The van der Waals surface area contributed by atoms with Gasteiger partial charge in [-0.25, -0.2) is 0 Å². The molecule has 3 nitrogen and oxygen atoms in total. The van der Waals surface area contributed by atoms with Gasteiger partial charge in [-0.1, -0.05) is 6.07 Å². The Morgan fingerprint density at radius 2 is 2.05 bits per heavy atom. The highest BCUT2D eigenvalue weighted by Gasteiger charge is 2.36. The van der Waals surface area contributed by atoms with Gasteiger partial charge in [-0.05, 0) is 68.7 Å². The molecule has 3 saturated heterocycles. The van der Waals surface area contributed by atoms with Gasteiger partial charge in [0.2, 0.25) is 0 Å². The van der Waals surface area contributed by atoms with Crippen molar-refractivity contribution in [3.63, 3.8) is 0 Å². The number of nitrogens with one attached hydrogen (secondary N) is 1. The van der Waals surface area contributed by atoms with E-state index >= 15 is 0 Å². The van der Waals surface area contributed by atoms with E-state index in [9.17, 15) is 0 Å². The number of H-pyrrole nitrogens is 1. The number of hydrogen-bond donors (Lipinski definition) is 1. The molecule has 0 saturated carbocycles. The zero-order valence-corrected chi connectivity index (χ0v) is 12.0. The van der Waals surface area contributed by atoms with Crippen molar-refractivity contribution >= 4 is 23.3 Å². The van der Waals surface area contributed by atoms with Crippen LogP contribution in [0.3, 0.4) is 0 Å². The van der Waals surface area contributed by atoms with Crippen LogP contribution in [0, 0.1) is 17.6 Å². The first-order chi connectivity index (χ1) is 9.22. The fraction of sp³-hybridized carbons (Fsp3) is 0.533. The molecule has 1 unspecified atom stereocenters. The molecule has 2 bridgehead atoms. The number of rotatable bonds is 1. The van der Waals surface area contributed by atoms with Crippen LogP contribution in [-0.4, -0.2) is 34.1 Å². The molecule has 4 heteroatoms. The van der Waals surface area contributed by atoms with Crippen molar-refractivity contribution in [3.8, 4) is 0 Å². The van der Waals surface area contributed by atoms with Crippen LogP contribution in [0.4, 0.5) is 0 Å². The molecule has 2 aromatic rings. The van der Waals surface area contributed by atoms with Crippen LogP contribution in [0.15, 0.2) is 18.2 Å². The smallest absolute Gasteiger partial charge is 0.178 e. The summed E-state index contributed by atoms with van der Waals surface area (Å²) in [6.07, 6.45) is 2.65. The summed E-state index contributed by atoms with van der Waals surface area (Å²) in [5, 5.41) is 0. The number of aromatic nitrogens is 2. The fourth-order valence-electron chi connectivity index (χ4n) is 3.79. The molecular formula is C15H19N3S. The Labute approximate surface area is 118 Å². The van der Waals surface area contributed by atoms with Crippen molar-refractivity contribution < 1.29 is 0 Å². The van der Waals surface area contributed by atoms with Crippen LogP contribution in [0.5, 0.6) is 0 Å². The Hall–Kier alpha value is -1.13. The largest absolute Gasteiger partial charge is 0.331 e. The number of nitrogens with zero attached hydrogens (tertiary/aromatic N) is 2. The van der Waals surface area contributed by atoms with Crippen LogP contribution in [-0.2, 0) is 0 Å². The van der Waals surface area contributed by atoms with Gasteiger partial charge < -0.3 is 14.5 Å². The van der Waals surface area contributed by atoms with Crippen molar-refractivity contribution in [1.82, 2.24) is 14.5 Å². The van der Waals surface area contributed by atoms with Crippen LogP contribution >= 0.6 is 12.2 Å². The molecule has 5 rings (SSSR count). The van der Waals surface area contributed by atoms with E-state index in [1.165, 1.54) is 49.1 Å². The lowest BCUT2D eigenvalue weighted by atomic mass is 9.84. The molecule has 3 aliphatic rings. The number of imidazole rings is 1. The van der Waals surface area contributed by atoms with Gasteiger partial charge in [-0.15, -0.1) is 0 Å². The second-order valence-electron chi connectivity index (χ2n) is 6.03. The Bertz CT molecular complexity index is 676. The van der Waals surface area contributed by atoms with Crippen molar-refractivity contribution in [2.45, 2.75) is 25.8 Å². The van der Waals surface area contributed by atoms with Gasteiger partial charge in [-0.2, -0.15) is 0 Å². The lowest BCUT2D eigenvalue weighted by molar-refractivity contribution is 0.0582. The quantitative estimate of drug-likeness (QED) is 0.806. The summed E-state index contributed by atoms with van der Waals surface area (Å²) in [6, 6.07) is 7.12. The predicted octanol–water partition coefficient (Wildman–Crippen LogP) is 3.27. The molecule has 4 heterocycles. The van der Waals surface area contributed by atoms with E-state index in [-0.39, 0.29) is 0 Å². The lowest BCUT2D eigenvalue weighted by Gasteiger charge is -2.45. The van der Waals surface area contributed by atoms with Crippen LogP contribution in [0.25, 0.3) is 11.0 Å². The molecule has 0 amide bonds. The second kappa shape index (κ2) is 4.18. The van der Waals surface area contributed by atoms with Crippen molar-refractivity contribution in [2.24, 2.45) is 5.92 Å². The van der Waals surface area contributed by atoms with Crippen LogP contribution in [0.2, 0.25) is 0 Å². The second-order valence-corrected chi connectivity index (χ2v) is 6.41. The molecule has 1 aromatic carbocycles. The van der Waals surface area contributed by atoms with Crippen molar-refractivity contribution in [3.05, 3.63) is 28.5 Å². The van der Waals surface area contributed by atoms with E-state index in [1.54, 1.807) is 0 Å². The number of hydrogen-bond acceptors (Lipinski definition) is 2. The first-order valence-electron chi connectivity index (χ1n) is 7.15. The Morgan fingerprint density at radius 1 is 1.26 bits per heavy atom. The minimum atomic E-state index is 0.561. The summed E-state index contributed by atoms with van der Waals surface area (Å²) < 4.78 is 3.27. The average Bonchev–Trinajstić information content (AvgIpc) is 2.75. The van der Waals surface area contributed by atoms with Gasteiger partial charge in [-0.3, -0.25) is 0 Å². The Balaban J connectivity index is 1.88. The number of fused-ring (bicyclic) bond motifs is 4. The Kier molecular flexibility index (Phi) is 2.57. The van der Waals surface area contributed by atoms with E-state index in [2.05, 4.69) is 39.6 Å². The third-order valence-electron chi connectivity index (χ3n) is 4.83. The summed E-state index contributed by atoms with van der Waals surface area (Å²) in [6.45, 7) is 5.86. The molecule has 0 spiro atoms. The van der Waals surface area contributed by atoms with Gasteiger partial charge in [0.15, 0.2) is 4.77 Å². The highest BCUT2D eigenvalue weighted by molar-refractivity contribution is 7.71. The summed E-state index contributed by atoms with van der Waals surface area (Å²) in [5.74, 6) is 0.802. The topological polar surface area (TPSA) is 24.0 Å². The first kappa shape index (κ1) is 11.7. The van der Waals surface area contributed by atoms with Gasteiger partial charge in [0.1, 0.15) is 0 Å². The highest BCUT2D eigenvalue weighted by atomic mass is 32.1. The molecule has 1 atom stereocenters. The van der Waals surface area contributed by atoms with E-state index in [0.717, 1.165) is 10.7 Å². The van der Waals surface area contributed by atoms with Crippen LogP contribution in [0.1, 0.15) is 24.4 Å². The minimum absolute atomic E-state index is 0.561. The minimum Gasteiger partial charge on any atom is -0.331 e. The maximum atomic E-state index is 5.58. The zero-order valence-electron chi connectivity index (χ0n) is 11.2. The maximum Gasteiger partial charge on any atom is 0.178 e. The zero-order chi connectivity index (χ0) is 13.0. The highest BCUT2D eigenvalue weighted by Crippen LogP contribution is 2.37. The van der Waals surface area contributed by atoms with Crippen LogP contribution < -0.4 is 0 Å². The fourth-order valence-corrected chi connectivity index (χ4v) is 4.13. The van der Waals surface area contributed by atoms with Gasteiger partial charge in [0.05, 0.1) is 17.1 Å². The maximum absolute atomic E-state index is 5.58. The lowest BCUT2D eigenvalue weighted by Crippen LogP contribution is -2.48. The summed E-state index contributed by atoms with van der Waals surface area (Å²) in [5.41, 5.74) is 3.76. The van der Waals surface area contributed by atoms with E-state index in [0.29, 0.717) is 6.04 Å². The van der Waals surface area contributed by atoms with E-state index < -0.39 is 0 Å². The monoisotopic (exact) mass is 273 g/mol. The number of aromatic amines is 1. The van der Waals surface area contributed by atoms with Gasteiger partial charge in [0, 0.05) is 6.54 Å². The van der Waals surface area contributed by atoms with E-state index in [4.69, 9.17) is 12.2 Å². The molecule has 100 valence electrons. The predicted molar refractivity (Wildman–Crippen MR) is 80.1 cm³/mol. The molecule has 3 aliphatic heterocycles. The van der Waals surface area contributed by atoms with Crippen molar-refractivity contribution in [1.29, 1.82) is 0 Å². The molecule has 1 N–H and O–H groups in total. The van der Waals surface area contributed by atoms with Gasteiger partial charge >= 0.3 is 0 Å². The molecule has 1 aromatic heterocycles.